The summed E-state index contributed by atoms with van der Waals surface area (Å²) in [5.41, 5.74) is 2.11. The summed E-state index contributed by atoms with van der Waals surface area (Å²) in [6.45, 7) is 6.36. The van der Waals surface area contributed by atoms with Crippen LogP contribution in [0.25, 0.3) is 0 Å². The average Bonchev–Trinajstić information content (AvgIpc) is 2.47. The van der Waals surface area contributed by atoms with E-state index in [1.165, 1.54) is 24.9 Å². The number of hydrogen-bond acceptors (Lipinski definition) is 2. The molecule has 1 atom stereocenters. The first-order chi connectivity index (χ1) is 8.72. The van der Waals surface area contributed by atoms with Crippen molar-refractivity contribution in [3.05, 3.63) is 29.8 Å². The van der Waals surface area contributed by atoms with Crippen LogP contribution in [0.2, 0.25) is 0 Å². The highest BCUT2D eigenvalue weighted by molar-refractivity contribution is 5.97. The minimum absolute atomic E-state index is 0.130. The minimum atomic E-state index is 0.130. The second-order valence-electron chi connectivity index (χ2n) is 5.27. The van der Waals surface area contributed by atoms with E-state index < -0.39 is 0 Å². The van der Waals surface area contributed by atoms with Gasteiger partial charge in [-0.2, -0.15) is 0 Å². The Balaban J connectivity index is 2.07. The van der Waals surface area contributed by atoms with E-state index in [1.54, 1.807) is 0 Å². The summed E-state index contributed by atoms with van der Waals surface area (Å²) in [6.07, 6.45) is 4.83. The normalized spacial score (nSPS) is 17.6. The maximum atomic E-state index is 12.0. The number of carbonyl (C=O) groups excluding carboxylic acids is 1. The van der Waals surface area contributed by atoms with Gasteiger partial charge in [-0.1, -0.05) is 13.8 Å². The van der Waals surface area contributed by atoms with Gasteiger partial charge < -0.3 is 4.90 Å². The van der Waals surface area contributed by atoms with Crippen molar-refractivity contribution >= 4 is 11.5 Å². The van der Waals surface area contributed by atoms with Crippen LogP contribution in [0.1, 0.15) is 49.9 Å². The summed E-state index contributed by atoms with van der Waals surface area (Å²) in [5.74, 6) is 0.397. The van der Waals surface area contributed by atoms with Crippen molar-refractivity contribution in [2.75, 3.05) is 18.0 Å². The molecule has 1 aromatic carbocycles. The van der Waals surface area contributed by atoms with Crippen LogP contribution in [0, 0.1) is 5.92 Å². The molecule has 1 unspecified atom stereocenters. The molecular weight excluding hydrogens is 222 g/mol. The summed E-state index contributed by atoms with van der Waals surface area (Å²) in [4.78, 5) is 14.5. The predicted molar refractivity (Wildman–Crippen MR) is 76.3 cm³/mol. The minimum Gasteiger partial charge on any atom is -0.372 e. The zero-order chi connectivity index (χ0) is 13.0. The van der Waals surface area contributed by atoms with Gasteiger partial charge in [-0.05, 0) is 49.9 Å². The Bertz CT molecular complexity index is 390. The molecule has 0 bridgehead atoms. The third kappa shape index (κ3) is 2.92. The molecule has 98 valence electrons. The van der Waals surface area contributed by atoms with E-state index >= 15 is 0 Å². The van der Waals surface area contributed by atoms with Crippen LogP contribution in [-0.4, -0.2) is 18.9 Å². The van der Waals surface area contributed by atoms with E-state index in [1.807, 2.05) is 19.1 Å². The van der Waals surface area contributed by atoms with Gasteiger partial charge in [0, 0.05) is 30.3 Å². The lowest BCUT2D eigenvalue weighted by molar-refractivity contribution is 0.0927. The lowest BCUT2D eigenvalue weighted by atomic mass is 9.97. The van der Waals surface area contributed by atoms with Crippen LogP contribution in [0.5, 0.6) is 0 Å². The first-order valence-corrected chi connectivity index (χ1v) is 7.11. The molecule has 1 fully saturated rings. The molecule has 1 aliphatic rings. The van der Waals surface area contributed by atoms with Gasteiger partial charge in [0.15, 0.2) is 5.78 Å². The van der Waals surface area contributed by atoms with Gasteiger partial charge in [-0.25, -0.2) is 0 Å². The van der Waals surface area contributed by atoms with E-state index in [4.69, 9.17) is 0 Å². The number of anilines is 1. The molecule has 0 aromatic heterocycles. The Morgan fingerprint density at radius 2 is 1.78 bits per heavy atom. The van der Waals surface area contributed by atoms with E-state index in [0.717, 1.165) is 25.1 Å². The van der Waals surface area contributed by atoms with Gasteiger partial charge in [-0.3, -0.25) is 4.79 Å². The highest BCUT2D eigenvalue weighted by atomic mass is 16.1. The molecule has 1 saturated heterocycles. The number of rotatable bonds is 4. The molecule has 2 rings (SSSR count). The van der Waals surface area contributed by atoms with Crippen LogP contribution in [0.4, 0.5) is 5.69 Å². The van der Waals surface area contributed by atoms with Gasteiger partial charge in [0.2, 0.25) is 0 Å². The van der Waals surface area contributed by atoms with Crippen LogP contribution in [0.15, 0.2) is 24.3 Å². The summed E-state index contributed by atoms with van der Waals surface area (Å²) < 4.78 is 0. The van der Waals surface area contributed by atoms with Gasteiger partial charge in [-0.15, -0.1) is 0 Å². The SMILES string of the molecule is CCC(C)C(=O)c1ccc(N2CCCCC2)cc1. The fourth-order valence-corrected chi connectivity index (χ4v) is 2.46. The van der Waals surface area contributed by atoms with Gasteiger partial charge in [0.1, 0.15) is 0 Å². The Morgan fingerprint density at radius 1 is 1.17 bits per heavy atom. The number of ketones is 1. The quantitative estimate of drug-likeness (QED) is 0.750. The van der Waals surface area contributed by atoms with Gasteiger partial charge in [0.05, 0.1) is 0 Å². The van der Waals surface area contributed by atoms with Crippen LogP contribution in [0.3, 0.4) is 0 Å². The van der Waals surface area contributed by atoms with E-state index in [-0.39, 0.29) is 11.7 Å². The molecule has 0 aliphatic carbocycles. The molecule has 2 nitrogen and oxygen atoms in total. The highest BCUT2D eigenvalue weighted by Crippen LogP contribution is 2.21. The van der Waals surface area contributed by atoms with Gasteiger partial charge in [0.25, 0.3) is 0 Å². The maximum Gasteiger partial charge on any atom is 0.165 e. The Hall–Kier alpha value is -1.31. The number of Topliss-reactive ketones (excluding diaryl/α,β-unsaturated/α-hetero) is 1. The molecule has 0 spiro atoms. The Morgan fingerprint density at radius 3 is 2.33 bits per heavy atom. The first-order valence-electron chi connectivity index (χ1n) is 7.11. The lowest BCUT2D eigenvalue weighted by Crippen LogP contribution is -2.29. The standard InChI is InChI=1S/C16H23NO/c1-3-13(2)16(18)14-7-9-15(10-8-14)17-11-5-4-6-12-17/h7-10,13H,3-6,11-12H2,1-2H3. The van der Waals surface area contributed by atoms with Crippen molar-refractivity contribution < 1.29 is 4.79 Å². The van der Waals surface area contributed by atoms with Crippen molar-refractivity contribution in [2.45, 2.75) is 39.5 Å². The highest BCUT2D eigenvalue weighted by Gasteiger charge is 2.14. The fraction of sp³-hybridized carbons (Fsp3) is 0.562. The van der Waals surface area contributed by atoms with Crippen LogP contribution in [-0.2, 0) is 0 Å². The molecule has 0 N–H and O–H groups in total. The third-order valence-corrected chi connectivity index (χ3v) is 3.93. The number of hydrogen-bond donors (Lipinski definition) is 0. The zero-order valence-electron chi connectivity index (χ0n) is 11.5. The second kappa shape index (κ2) is 6.03. The number of piperidine rings is 1. The monoisotopic (exact) mass is 245 g/mol. The average molecular weight is 245 g/mol. The topological polar surface area (TPSA) is 20.3 Å². The van der Waals surface area contributed by atoms with Crippen LogP contribution < -0.4 is 4.90 Å². The van der Waals surface area contributed by atoms with E-state index in [9.17, 15) is 4.79 Å². The summed E-state index contributed by atoms with van der Waals surface area (Å²) >= 11 is 0. The first kappa shape index (κ1) is 13.1. The van der Waals surface area contributed by atoms with E-state index in [0.29, 0.717) is 0 Å². The molecule has 1 aliphatic heterocycles. The number of nitrogens with zero attached hydrogens (tertiary/aromatic N) is 1. The van der Waals surface area contributed by atoms with Crippen molar-refractivity contribution in [3.8, 4) is 0 Å². The number of benzene rings is 1. The lowest BCUT2D eigenvalue weighted by Gasteiger charge is -2.28. The molecule has 1 aromatic rings. The third-order valence-electron chi connectivity index (χ3n) is 3.93. The Kier molecular flexibility index (Phi) is 4.40. The summed E-state index contributed by atoms with van der Waals surface area (Å²) in [5, 5.41) is 0. The smallest absolute Gasteiger partial charge is 0.165 e. The van der Waals surface area contributed by atoms with Crippen molar-refractivity contribution in [2.24, 2.45) is 5.92 Å². The molecule has 2 heteroatoms. The predicted octanol–water partition coefficient (Wildman–Crippen LogP) is 3.91. The Labute approximate surface area is 110 Å². The van der Waals surface area contributed by atoms with Gasteiger partial charge >= 0.3 is 0 Å². The molecular formula is C16H23NO. The summed E-state index contributed by atoms with van der Waals surface area (Å²) in [6, 6.07) is 8.17. The van der Waals surface area contributed by atoms with E-state index in [2.05, 4.69) is 24.0 Å². The fourth-order valence-electron chi connectivity index (χ4n) is 2.46. The molecule has 0 radical (unpaired) electrons. The number of carbonyl (C=O) groups is 1. The van der Waals surface area contributed by atoms with Crippen molar-refractivity contribution in [3.63, 3.8) is 0 Å². The molecule has 0 saturated carbocycles. The molecule has 18 heavy (non-hydrogen) atoms. The summed E-state index contributed by atoms with van der Waals surface area (Å²) in [7, 11) is 0. The zero-order valence-corrected chi connectivity index (χ0v) is 11.5. The van der Waals surface area contributed by atoms with Crippen molar-refractivity contribution in [1.82, 2.24) is 0 Å². The molecule has 1 heterocycles. The second-order valence-corrected chi connectivity index (χ2v) is 5.27. The molecule has 0 amide bonds. The van der Waals surface area contributed by atoms with Crippen LogP contribution >= 0.6 is 0 Å². The van der Waals surface area contributed by atoms with Crippen molar-refractivity contribution in [1.29, 1.82) is 0 Å². The largest absolute Gasteiger partial charge is 0.372 e. The maximum absolute atomic E-state index is 12.0.